The van der Waals surface area contributed by atoms with Gasteiger partial charge in [-0.2, -0.15) is 5.26 Å². The fourth-order valence-electron chi connectivity index (χ4n) is 2.84. The first kappa shape index (κ1) is 18.5. The van der Waals surface area contributed by atoms with Crippen LogP contribution in [0.3, 0.4) is 0 Å². The SMILES string of the molecule is Cc1ccnc(NCCCc2cc(-c3ccc(C)c(C)c3)nc(C#N)n2)c1. The average Bonchev–Trinajstić information content (AvgIpc) is 2.67. The molecule has 3 rings (SSSR count). The molecule has 0 bridgehead atoms. The number of aryl methyl sites for hydroxylation is 4. The molecule has 0 radical (unpaired) electrons. The van der Waals surface area contributed by atoms with Crippen LogP contribution in [0.5, 0.6) is 0 Å². The molecule has 5 heteroatoms. The van der Waals surface area contributed by atoms with Crippen molar-refractivity contribution in [2.45, 2.75) is 33.6 Å². The van der Waals surface area contributed by atoms with Gasteiger partial charge in [0, 0.05) is 24.0 Å². The van der Waals surface area contributed by atoms with Crippen molar-refractivity contribution in [3.8, 4) is 17.3 Å². The third kappa shape index (κ3) is 4.89. The van der Waals surface area contributed by atoms with Crippen LogP contribution < -0.4 is 5.32 Å². The minimum Gasteiger partial charge on any atom is -0.370 e. The molecular formula is C22H23N5. The van der Waals surface area contributed by atoms with Gasteiger partial charge in [0.05, 0.1) is 5.69 Å². The van der Waals surface area contributed by atoms with Crippen LogP contribution in [0.1, 0.15) is 34.6 Å². The summed E-state index contributed by atoms with van der Waals surface area (Å²) in [7, 11) is 0. The second-order valence-electron chi connectivity index (χ2n) is 6.73. The lowest BCUT2D eigenvalue weighted by Crippen LogP contribution is -2.06. The first-order valence-electron chi connectivity index (χ1n) is 9.07. The second-order valence-corrected chi connectivity index (χ2v) is 6.73. The summed E-state index contributed by atoms with van der Waals surface area (Å²) in [4.78, 5) is 13.0. The number of nitriles is 1. The number of nitrogens with zero attached hydrogens (tertiary/aromatic N) is 4. The van der Waals surface area contributed by atoms with Gasteiger partial charge in [-0.1, -0.05) is 12.1 Å². The zero-order valence-electron chi connectivity index (χ0n) is 16.0. The Morgan fingerprint density at radius 3 is 2.59 bits per heavy atom. The number of aromatic nitrogens is 3. The summed E-state index contributed by atoms with van der Waals surface area (Å²) < 4.78 is 0. The Bertz CT molecular complexity index is 988. The highest BCUT2D eigenvalue weighted by molar-refractivity contribution is 5.61. The molecule has 0 aliphatic rings. The third-order valence-electron chi connectivity index (χ3n) is 4.51. The quantitative estimate of drug-likeness (QED) is 0.663. The molecule has 27 heavy (non-hydrogen) atoms. The fourth-order valence-corrected chi connectivity index (χ4v) is 2.84. The Kier molecular flexibility index (Phi) is 5.77. The van der Waals surface area contributed by atoms with Crippen molar-refractivity contribution in [3.63, 3.8) is 0 Å². The lowest BCUT2D eigenvalue weighted by molar-refractivity contribution is 0.824. The van der Waals surface area contributed by atoms with Crippen molar-refractivity contribution in [1.82, 2.24) is 15.0 Å². The van der Waals surface area contributed by atoms with Gasteiger partial charge in [-0.3, -0.25) is 0 Å². The molecule has 136 valence electrons. The molecule has 1 aromatic carbocycles. The second kappa shape index (κ2) is 8.41. The third-order valence-corrected chi connectivity index (χ3v) is 4.51. The minimum absolute atomic E-state index is 0.217. The highest BCUT2D eigenvalue weighted by Crippen LogP contribution is 2.21. The summed E-state index contributed by atoms with van der Waals surface area (Å²) in [5.74, 6) is 1.10. The number of nitrogens with one attached hydrogen (secondary N) is 1. The predicted molar refractivity (Wildman–Crippen MR) is 107 cm³/mol. The van der Waals surface area contributed by atoms with Crippen LogP contribution in [0.15, 0.2) is 42.6 Å². The highest BCUT2D eigenvalue weighted by atomic mass is 15.0. The van der Waals surface area contributed by atoms with Crippen LogP contribution in [0.2, 0.25) is 0 Å². The van der Waals surface area contributed by atoms with Crippen molar-refractivity contribution in [1.29, 1.82) is 5.26 Å². The van der Waals surface area contributed by atoms with Gasteiger partial charge in [-0.25, -0.2) is 15.0 Å². The van der Waals surface area contributed by atoms with Gasteiger partial charge in [0.25, 0.3) is 0 Å². The molecular weight excluding hydrogens is 334 g/mol. The zero-order valence-corrected chi connectivity index (χ0v) is 16.0. The molecule has 0 fully saturated rings. The van der Waals surface area contributed by atoms with Gasteiger partial charge in [0.2, 0.25) is 5.82 Å². The van der Waals surface area contributed by atoms with Crippen LogP contribution in [-0.4, -0.2) is 21.5 Å². The van der Waals surface area contributed by atoms with Gasteiger partial charge >= 0.3 is 0 Å². The number of rotatable bonds is 6. The first-order chi connectivity index (χ1) is 13.0. The summed E-state index contributed by atoms with van der Waals surface area (Å²) >= 11 is 0. The molecule has 0 aliphatic heterocycles. The molecule has 0 amide bonds. The van der Waals surface area contributed by atoms with E-state index >= 15 is 0 Å². The van der Waals surface area contributed by atoms with E-state index in [1.54, 1.807) is 6.20 Å². The normalized spacial score (nSPS) is 10.4. The highest BCUT2D eigenvalue weighted by Gasteiger charge is 2.08. The van der Waals surface area contributed by atoms with E-state index in [-0.39, 0.29) is 5.82 Å². The van der Waals surface area contributed by atoms with Gasteiger partial charge in [-0.15, -0.1) is 0 Å². The Hall–Kier alpha value is -3.26. The molecule has 0 spiro atoms. The van der Waals surface area contributed by atoms with E-state index in [4.69, 9.17) is 0 Å². The van der Waals surface area contributed by atoms with Gasteiger partial charge in [0.15, 0.2) is 0 Å². The number of anilines is 1. The summed E-state index contributed by atoms with van der Waals surface area (Å²) in [5, 5.41) is 12.6. The predicted octanol–water partition coefficient (Wildman–Crippen LogP) is 4.38. The van der Waals surface area contributed by atoms with E-state index in [1.165, 1.54) is 16.7 Å². The standard InChI is InChI=1S/C22H23N5/c1-15-8-10-25-21(11-15)24-9-4-5-19-13-20(27-22(14-23)26-19)18-7-6-16(2)17(3)12-18/h6-8,10-13H,4-5,9H2,1-3H3,(H,24,25). The molecule has 5 nitrogen and oxygen atoms in total. The Labute approximate surface area is 160 Å². The molecule has 2 heterocycles. The van der Waals surface area contributed by atoms with Crippen LogP contribution in [0.4, 0.5) is 5.82 Å². The van der Waals surface area contributed by atoms with E-state index in [0.29, 0.717) is 0 Å². The largest absolute Gasteiger partial charge is 0.370 e. The Morgan fingerprint density at radius 1 is 1.00 bits per heavy atom. The van der Waals surface area contributed by atoms with Crippen LogP contribution in [0.25, 0.3) is 11.3 Å². The van der Waals surface area contributed by atoms with E-state index in [0.717, 1.165) is 42.2 Å². The molecule has 0 unspecified atom stereocenters. The molecule has 1 N–H and O–H groups in total. The Morgan fingerprint density at radius 2 is 1.85 bits per heavy atom. The maximum atomic E-state index is 9.28. The van der Waals surface area contributed by atoms with E-state index in [2.05, 4.69) is 52.3 Å². The number of hydrogen-bond acceptors (Lipinski definition) is 5. The number of benzene rings is 1. The zero-order chi connectivity index (χ0) is 19.2. The molecule has 3 aromatic rings. The monoisotopic (exact) mass is 357 g/mol. The summed E-state index contributed by atoms with van der Waals surface area (Å²) in [5.41, 5.74) is 6.33. The number of hydrogen-bond donors (Lipinski definition) is 1. The summed E-state index contributed by atoms with van der Waals surface area (Å²) in [6.07, 6.45) is 3.47. The summed E-state index contributed by atoms with van der Waals surface area (Å²) in [6, 6.07) is 14.3. The van der Waals surface area contributed by atoms with E-state index < -0.39 is 0 Å². The maximum absolute atomic E-state index is 9.28. The molecule has 0 saturated heterocycles. The molecule has 0 saturated carbocycles. The lowest BCUT2D eigenvalue weighted by Gasteiger charge is -2.09. The van der Waals surface area contributed by atoms with Gasteiger partial charge < -0.3 is 5.32 Å². The smallest absolute Gasteiger partial charge is 0.232 e. The van der Waals surface area contributed by atoms with Crippen molar-refractivity contribution in [2.75, 3.05) is 11.9 Å². The Balaban J connectivity index is 1.70. The topological polar surface area (TPSA) is 74.5 Å². The molecule has 0 aliphatic carbocycles. The van der Waals surface area contributed by atoms with Crippen molar-refractivity contribution in [2.24, 2.45) is 0 Å². The minimum atomic E-state index is 0.217. The summed E-state index contributed by atoms with van der Waals surface area (Å²) in [6.45, 7) is 7.01. The first-order valence-corrected chi connectivity index (χ1v) is 9.07. The van der Waals surface area contributed by atoms with Crippen LogP contribution in [0, 0.1) is 32.1 Å². The fraction of sp³-hybridized carbons (Fsp3) is 0.273. The van der Waals surface area contributed by atoms with E-state index in [1.807, 2.05) is 31.2 Å². The van der Waals surface area contributed by atoms with Crippen LogP contribution >= 0.6 is 0 Å². The van der Waals surface area contributed by atoms with E-state index in [9.17, 15) is 5.26 Å². The average molecular weight is 357 g/mol. The van der Waals surface area contributed by atoms with Crippen molar-refractivity contribution >= 4 is 5.82 Å². The van der Waals surface area contributed by atoms with Crippen LogP contribution in [-0.2, 0) is 6.42 Å². The lowest BCUT2D eigenvalue weighted by atomic mass is 10.0. The van der Waals surface area contributed by atoms with Crippen molar-refractivity contribution in [3.05, 3.63) is 70.8 Å². The van der Waals surface area contributed by atoms with Gasteiger partial charge in [-0.05, 0) is 74.6 Å². The molecule has 2 aromatic heterocycles. The van der Waals surface area contributed by atoms with Crippen molar-refractivity contribution < 1.29 is 0 Å². The van der Waals surface area contributed by atoms with Gasteiger partial charge in [0.1, 0.15) is 11.9 Å². The number of pyridine rings is 1. The maximum Gasteiger partial charge on any atom is 0.232 e. The molecule has 0 atom stereocenters.